The number of aliphatic imine (C=N–C) groups is 1. The summed E-state index contributed by atoms with van der Waals surface area (Å²) in [6, 6.07) is 1.97. The zero-order chi connectivity index (χ0) is 26.9. The molecule has 12 heteroatoms. The number of aromatic nitrogens is 1. The molecule has 0 aliphatic carbocycles. The number of carbonyl (C=O) groups is 4. The average molecular weight is 505 g/mol. The van der Waals surface area contributed by atoms with Crippen molar-refractivity contribution in [2.75, 3.05) is 40.3 Å². The molecule has 1 unspecified atom stereocenters. The number of carboxylic acids is 2. The first-order valence-electron chi connectivity index (χ1n) is 11.8. The summed E-state index contributed by atoms with van der Waals surface area (Å²) >= 11 is 0. The minimum atomic E-state index is -0.833. The van der Waals surface area contributed by atoms with Crippen LogP contribution in [0.25, 0.3) is 0 Å². The van der Waals surface area contributed by atoms with Gasteiger partial charge in [-0.1, -0.05) is 0 Å². The Labute approximate surface area is 210 Å². The number of guanidine groups is 1. The summed E-state index contributed by atoms with van der Waals surface area (Å²) in [5.74, 6) is -0.518. The van der Waals surface area contributed by atoms with Crippen molar-refractivity contribution < 1.29 is 29.4 Å². The van der Waals surface area contributed by atoms with Crippen molar-refractivity contribution in [1.82, 2.24) is 25.4 Å². The topological polar surface area (TPSA) is 165 Å². The fourth-order valence-electron chi connectivity index (χ4n) is 4.25. The predicted molar refractivity (Wildman–Crippen MR) is 133 cm³/mol. The van der Waals surface area contributed by atoms with Gasteiger partial charge in [-0.2, -0.15) is 0 Å². The maximum atomic E-state index is 13.0. The Kier molecular flexibility index (Phi) is 10.3. The van der Waals surface area contributed by atoms with Crippen LogP contribution in [-0.4, -0.2) is 101 Å². The minimum absolute atomic E-state index is 0.0102. The number of carbonyl (C=O) groups excluding carboxylic acids is 2. The van der Waals surface area contributed by atoms with Crippen LogP contribution in [0.3, 0.4) is 0 Å². The Morgan fingerprint density at radius 1 is 1.14 bits per heavy atom. The van der Waals surface area contributed by atoms with Gasteiger partial charge in [0.05, 0.1) is 5.56 Å². The summed E-state index contributed by atoms with van der Waals surface area (Å²) in [6.07, 6.45) is 6.72. The first-order chi connectivity index (χ1) is 16.9. The van der Waals surface area contributed by atoms with Crippen molar-refractivity contribution in [3.8, 4) is 0 Å². The highest BCUT2D eigenvalue weighted by molar-refractivity contribution is 6.07. The van der Waals surface area contributed by atoms with E-state index in [0.29, 0.717) is 43.4 Å². The van der Waals surface area contributed by atoms with Gasteiger partial charge in [0, 0.05) is 53.4 Å². The number of piperidine rings is 1. The van der Waals surface area contributed by atoms with E-state index in [9.17, 15) is 9.59 Å². The molecule has 0 radical (unpaired) electrons. The van der Waals surface area contributed by atoms with E-state index in [4.69, 9.17) is 19.8 Å². The normalized spacial score (nSPS) is 19.8. The number of hydrogen-bond acceptors (Lipinski definition) is 8. The molecule has 4 rings (SSSR count). The van der Waals surface area contributed by atoms with Crippen LogP contribution in [0.15, 0.2) is 23.5 Å². The van der Waals surface area contributed by atoms with Crippen LogP contribution in [0.5, 0.6) is 0 Å². The van der Waals surface area contributed by atoms with Crippen LogP contribution in [0.4, 0.5) is 0 Å². The van der Waals surface area contributed by atoms with Crippen LogP contribution >= 0.6 is 0 Å². The molecule has 1 aromatic rings. The van der Waals surface area contributed by atoms with Gasteiger partial charge in [-0.25, -0.2) is 4.99 Å². The number of rotatable bonds is 3. The highest BCUT2D eigenvalue weighted by atomic mass is 16.4. The first-order valence-corrected chi connectivity index (χ1v) is 11.8. The van der Waals surface area contributed by atoms with Crippen molar-refractivity contribution in [3.05, 3.63) is 29.6 Å². The Morgan fingerprint density at radius 3 is 2.25 bits per heavy atom. The number of nitrogens with one attached hydrogen (secondary N) is 2. The third kappa shape index (κ3) is 8.29. The zero-order valence-electron chi connectivity index (χ0n) is 21.3. The molecule has 1 aromatic heterocycles. The van der Waals surface area contributed by atoms with E-state index < -0.39 is 17.5 Å². The molecule has 36 heavy (non-hydrogen) atoms. The molecule has 0 saturated carbocycles. The molecule has 0 aromatic carbocycles. The second-order valence-electron chi connectivity index (χ2n) is 9.29. The molecule has 2 saturated heterocycles. The SMILES string of the molecule is CC(=O)O.CC(=O)O.CN(C)C1=NC2(CCN(C(=O)c3cncc(CC4CCNC4)c3)CC2)C(=O)N1. The maximum Gasteiger partial charge on any atom is 0.300 e. The number of carboxylic acid groups (broad SMARTS) is 2. The number of pyridine rings is 1. The summed E-state index contributed by atoms with van der Waals surface area (Å²) in [6.45, 7) is 5.31. The summed E-state index contributed by atoms with van der Waals surface area (Å²) in [5.41, 5.74) is 1.02. The Bertz CT molecular complexity index is 961. The highest BCUT2D eigenvalue weighted by Crippen LogP contribution is 2.31. The lowest BCUT2D eigenvalue weighted by atomic mass is 9.87. The molecule has 12 nitrogen and oxygen atoms in total. The van der Waals surface area contributed by atoms with Gasteiger partial charge in [0.25, 0.3) is 23.8 Å². The number of amides is 2. The third-order valence-electron chi connectivity index (χ3n) is 6.00. The summed E-state index contributed by atoms with van der Waals surface area (Å²) in [5, 5.41) is 21.1. The minimum Gasteiger partial charge on any atom is -0.481 e. The van der Waals surface area contributed by atoms with E-state index in [0.717, 1.165) is 38.9 Å². The average Bonchev–Trinajstić information content (AvgIpc) is 3.42. The largest absolute Gasteiger partial charge is 0.481 e. The second kappa shape index (κ2) is 13.0. The number of hydrogen-bond donors (Lipinski definition) is 4. The molecule has 0 bridgehead atoms. The van der Waals surface area contributed by atoms with Gasteiger partial charge in [0.2, 0.25) is 5.96 Å². The Morgan fingerprint density at radius 2 is 1.75 bits per heavy atom. The molecule has 3 aliphatic heterocycles. The van der Waals surface area contributed by atoms with Crippen molar-refractivity contribution in [2.45, 2.75) is 45.1 Å². The van der Waals surface area contributed by atoms with E-state index >= 15 is 0 Å². The van der Waals surface area contributed by atoms with E-state index in [1.54, 1.807) is 11.1 Å². The van der Waals surface area contributed by atoms with Gasteiger partial charge >= 0.3 is 0 Å². The number of nitrogens with zero attached hydrogens (tertiary/aromatic N) is 4. The molecule has 198 valence electrons. The molecule has 2 amide bonds. The van der Waals surface area contributed by atoms with Crippen molar-refractivity contribution in [1.29, 1.82) is 0 Å². The lowest BCUT2D eigenvalue weighted by molar-refractivity contribution is -0.135. The van der Waals surface area contributed by atoms with Gasteiger partial charge in [-0.05, 0) is 56.3 Å². The van der Waals surface area contributed by atoms with Crippen molar-refractivity contribution in [2.24, 2.45) is 10.9 Å². The summed E-state index contributed by atoms with van der Waals surface area (Å²) < 4.78 is 0. The zero-order valence-corrected chi connectivity index (χ0v) is 21.3. The van der Waals surface area contributed by atoms with Crippen molar-refractivity contribution in [3.63, 3.8) is 0 Å². The molecule has 1 spiro atoms. The van der Waals surface area contributed by atoms with Crippen LogP contribution in [0, 0.1) is 5.92 Å². The van der Waals surface area contributed by atoms with Gasteiger partial charge in [0.1, 0.15) is 5.54 Å². The smallest absolute Gasteiger partial charge is 0.300 e. The number of aliphatic carboxylic acids is 2. The predicted octanol–water partition coefficient (Wildman–Crippen LogP) is 0.438. The first kappa shape index (κ1) is 28.7. The van der Waals surface area contributed by atoms with E-state index in [1.807, 2.05) is 31.3 Å². The summed E-state index contributed by atoms with van der Waals surface area (Å²) in [4.78, 5) is 56.0. The molecule has 1 atom stereocenters. The second-order valence-corrected chi connectivity index (χ2v) is 9.29. The van der Waals surface area contributed by atoms with Gasteiger partial charge in [-0.15, -0.1) is 0 Å². The van der Waals surface area contributed by atoms with Crippen LogP contribution in [0.1, 0.15) is 49.0 Å². The monoisotopic (exact) mass is 504 g/mol. The lowest BCUT2D eigenvalue weighted by Crippen LogP contribution is -2.50. The third-order valence-corrected chi connectivity index (χ3v) is 6.00. The maximum absolute atomic E-state index is 13.0. The molecular formula is C24H36N6O6. The lowest BCUT2D eigenvalue weighted by Gasteiger charge is -2.35. The quantitative estimate of drug-likeness (QED) is 0.457. The Hall–Kier alpha value is -3.54. The molecular weight excluding hydrogens is 468 g/mol. The fourth-order valence-corrected chi connectivity index (χ4v) is 4.25. The van der Waals surface area contributed by atoms with E-state index in [2.05, 4.69) is 20.6 Å². The molecule has 4 heterocycles. The van der Waals surface area contributed by atoms with Crippen LogP contribution in [-0.2, 0) is 20.8 Å². The fraction of sp³-hybridized carbons (Fsp3) is 0.583. The molecule has 3 aliphatic rings. The Balaban J connectivity index is 0.000000501. The molecule has 4 N–H and O–H groups in total. The van der Waals surface area contributed by atoms with Gasteiger partial charge in [0.15, 0.2) is 0 Å². The standard InChI is InChI=1S/C20H28N6O2.2C2H4O2/c1-25(2)19-23-18(28)20(24-19)4-7-26(8-5-20)17(27)16-10-15(12-22-13-16)9-14-3-6-21-11-14;2*1-2(3)4/h10,12-14,21H,3-9,11H2,1-2H3,(H,23,24,28);2*1H3,(H,3,4). The van der Waals surface area contributed by atoms with E-state index in [1.165, 1.54) is 6.42 Å². The van der Waals surface area contributed by atoms with Gasteiger partial charge < -0.3 is 25.3 Å². The highest BCUT2D eigenvalue weighted by Gasteiger charge is 2.46. The van der Waals surface area contributed by atoms with Crippen LogP contribution < -0.4 is 10.6 Å². The number of likely N-dealkylation sites (tertiary alicyclic amines) is 1. The van der Waals surface area contributed by atoms with Crippen molar-refractivity contribution >= 4 is 29.7 Å². The molecule has 2 fully saturated rings. The van der Waals surface area contributed by atoms with Gasteiger partial charge in [-0.3, -0.25) is 29.5 Å². The van der Waals surface area contributed by atoms with Crippen LogP contribution in [0.2, 0.25) is 0 Å². The summed E-state index contributed by atoms with van der Waals surface area (Å²) in [7, 11) is 3.72. The van der Waals surface area contributed by atoms with E-state index in [-0.39, 0.29) is 11.8 Å².